The van der Waals surface area contributed by atoms with E-state index in [1.54, 1.807) is 6.92 Å². The van der Waals surface area contributed by atoms with Gasteiger partial charge in [0.15, 0.2) is 0 Å². The first-order valence-corrected chi connectivity index (χ1v) is 5.43. The summed E-state index contributed by atoms with van der Waals surface area (Å²) in [5.74, 6) is -0.619. The van der Waals surface area contributed by atoms with Crippen LogP contribution in [0, 0.1) is 0 Å². The monoisotopic (exact) mass is 278 g/mol. The average molecular weight is 279 g/mol. The molecule has 18 heavy (non-hydrogen) atoms. The van der Waals surface area contributed by atoms with Crippen LogP contribution in [0.4, 0.5) is 13.2 Å². The van der Waals surface area contributed by atoms with Crippen LogP contribution in [0.3, 0.4) is 0 Å². The SMILES string of the molecule is CCOC(=O)C=Cc1cc(Cl)cc(C(F)(F)F)c1. The highest BCUT2D eigenvalue weighted by Crippen LogP contribution is 2.32. The molecule has 0 aliphatic heterocycles. The number of hydrogen-bond acceptors (Lipinski definition) is 2. The van der Waals surface area contributed by atoms with Crippen molar-refractivity contribution in [2.45, 2.75) is 13.1 Å². The molecule has 98 valence electrons. The van der Waals surface area contributed by atoms with Crippen LogP contribution in [0.15, 0.2) is 24.3 Å². The van der Waals surface area contributed by atoms with Gasteiger partial charge in [0.1, 0.15) is 0 Å². The first-order valence-electron chi connectivity index (χ1n) is 5.05. The van der Waals surface area contributed by atoms with Gasteiger partial charge in [0.25, 0.3) is 0 Å². The third-order valence-electron chi connectivity index (χ3n) is 1.95. The second-order valence-corrected chi connectivity index (χ2v) is 3.79. The highest BCUT2D eigenvalue weighted by molar-refractivity contribution is 6.30. The van der Waals surface area contributed by atoms with Crippen LogP contribution < -0.4 is 0 Å². The van der Waals surface area contributed by atoms with Crippen molar-refractivity contribution in [3.63, 3.8) is 0 Å². The van der Waals surface area contributed by atoms with Crippen LogP contribution >= 0.6 is 11.6 Å². The van der Waals surface area contributed by atoms with Gasteiger partial charge in [-0.15, -0.1) is 0 Å². The van der Waals surface area contributed by atoms with Crippen molar-refractivity contribution in [2.75, 3.05) is 6.61 Å². The molecule has 1 rings (SSSR count). The standard InChI is InChI=1S/C12H10ClF3O2/c1-2-18-11(17)4-3-8-5-9(12(14,15)16)7-10(13)6-8/h3-7H,2H2,1H3. The smallest absolute Gasteiger partial charge is 0.416 e. The summed E-state index contributed by atoms with van der Waals surface area (Å²) >= 11 is 5.58. The Labute approximate surface area is 107 Å². The van der Waals surface area contributed by atoms with E-state index < -0.39 is 17.7 Å². The van der Waals surface area contributed by atoms with Crippen molar-refractivity contribution in [1.29, 1.82) is 0 Å². The fraction of sp³-hybridized carbons (Fsp3) is 0.250. The predicted octanol–water partition coefficient (Wildman–Crippen LogP) is 3.94. The molecule has 1 aromatic rings. The molecule has 0 spiro atoms. The van der Waals surface area contributed by atoms with E-state index in [2.05, 4.69) is 4.74 Å². The summed E-state index contributed by atoms with van der Waals surface area (Å²) < 4.78 is 42.1. The zero-order valence-corrected chi connectivity index (χ0v) is 10.2. The number of hydrogen-bond donors (Lipinski definition) is 0. The van der Waals surface area contributed by atoms with Crippen molar-refractivity contribution in [2.24, 2.45) is 0 Å². The third-order valence-corrected chi connectivity index (χ3v) is 2.16. The number of rotatable bonds is 3. The van der Waals surface area contributed by atoms with Crippen LogP contribution in [0.2, 0.25) is 5.02 Å². The van der Waals surface area contributed by atoms with Gasteiger partial charge in [0, 0.05) is 11.1 Å². The van der Waals surface area contributed by atoms with Gasteiger partial charge in [-0.25, -0.2) is 4.79 Å². The molecule has 0 aliphatic rings. The molecule has 6 heteroatoms. The Morgan fingerprint density at radius 2 is 2.06 bits per heavy atom. The minimum Gasteiger partial charge on any atom is -0.463 e. The quantitative estimate of drug-likeness (QED) is 0.618. The van der Waals surface area contributed by atoms with Crippen LogP contribution in [-0.2, 0) is 15.7 Å². The number of carbonyl (C=O) groups excluding carboxylic acids is 1. The van der Waals surface area contributed by atoms with Crippen molar-refractivity contribution in [1.82, 2.24) is 0 Å². The molecular weight excluding hydrogens is 269 g/mol. The van der Waals surface area contributed by atoms with Gasteiger partial charge in [0.05, 0.1) is 12.2 Å². The summed E-state index contributed by atoms with van der Waals surface area (Å²) in [5.41, 5.74) is -0.679. The highest BCUT2D eigenvalue weighted by Gasteiger charge is 2.30. The zero-order chi connectivity index (χ0) is 13.8. The number of esters is 1. The summed E-state index contributed by atoms with van der Waals surface area (Å²) in [7, 11) is 0. The second kappa shape index (κ2) is 5.91. The van der Waals surface area contributed by atoms with Crippen LogP contribution in [0.5, 0.6) is 0 Å². The largest absolute Gasteiger partial charge is 0.463 e. The molecule has 0 saturated carbocycles. The Kier molecular flexibility index (Phi) is 4.78. The number of ether oxygens (including phenoxy) is 1. The normalized spacial score (nSPS) is 11.8. The van der Waals surface area contributed by atoms with E-state index in [1.165, 1.54) is 12.1 Å². The maximum Gasteiger partial charge on any atom is 0.416 e. The van der Waals surface area contributed by atoms with E-state index in [9.17, 15) is 18.0 Å². The minimum absolute atomic E-state index is 0.0478. The summed E-state index contributed by atoms with van der Waals surface area (Å²) in [6, 6.07) is 3.05. The van der Waals surface area contributed by atoms with Crippen molar-refractivity contribution < 1.29 is 22.7 Å². The molecule has 0 aromatic heterocycles. The lowest BCUT2D eigenvalue weighted by Gasteiger charge is -2.08. The molecule has 0 heterocycles. The molecule has 0 amide bonds. The number of carbonyl (C=O) groups is 1. The van der Waals surface area contributed by atoms with E-state index in [1.807, 2.05) is 0 Å². The van der Waals surface area contributed by atoms with E-state index in [4.69, 9.17) is 11.6 Å². The zero-order valence-electron chi connectivity index (χ0n) is 9.42. The van der Waals surface area contributed by atoms with Gasteiger partial charge in [0.2, 0.25) is 0 Å². The van der Waals surface area contributed by atoms with E-state index in [0.717, 1.165) is 18.2 Å². The Hall–Kier alpha value is -1.49. The molecule has 0 N–H and O–H groups in total. The minimum atomic E-state index is -4.47. The van der Waals surface area contributed by atoms with Gasteiger partial charge < -0.3 is 4.74 Å². The van der Waals surface area contributed by atoms with Gasteiger partial charge in [-0.05, 0) is 36.8 Å². The maximum absolute atomic E-state index is 12.5. The molecule has 1 aromatic carbocycles. The lowest BCUT2D eigenvalue weighted by atomic mass is 10.1. The maximum atomic E-state index is 12.5. The lowest BCUT2D eigenvalue weighted by molar-refractivity contribution is -0.138. The molecule has 0 radical (unpaired) electrons. The fourth-order valence-corrected chi connectivity index (χ4v) is 1.47. The predicted molar refractivity (Wildman–Crippen MR) is 62.1 cm³/mol. The van der Waals surface area contributed by atoms with E-state index >= 15 is 0 Å². The van der Waals surface area contributed by atoms with Gasteiger partial charge >= 0.3 is 12.1 Å². The first-order chi connectivity index (χ1) is 8.32. The Morgan fingerprint density at radius 1 is 1.39 bits per heavy atom. The van der Waals surface area contributed by atoms with E-state index in [0.29, 0.717) is 0 Å². The first kappa shape index (κ1) is 14.6. The Balaban J connectivity index is 2.97. The lowest BCUT2D eigenvalue weighted by Crippen LogP contribution is -2.05. The highest BCUT2D eigenvalue weighted by atomic mass is 35.5. The molecular formula is C12H10ClF3O2. The molecule has 2 nitrogen and oxygen atoms in total. The van der Waals surface area contributed by atoms with Crippen LogP contribution in [-0.4, -0.2) is 12.6 Å². The number of alkyl halides is 3. The second-order valence-electron chi connectivity index (χ2n) is 3.36. The van der Waals surface area contributed by atoms with E-state index in [-0.39, 0.29) is 17.2 Å². The molecule has 0 bridgehead atoms. The summed E-state index contributed by atoms with van der Waals surface area (Å²) in [4.78, 5) is 11.0. The molecule has 0 fully saturated rings. The summed E-state index contributed by atoms with van der Waals surface area (Å²) in [6.07, 6.45) is -2.20. The molecule has 0 aliphatic carbocycles. The molecule has 0 unspecified atom stereocenters. The molecule has 0 saturated heterocycles. The van der Waals surface area contributed by atoms with Crippen LogP contribution in [0.25, 0.3) is 6.08 Å². The topological polar surface area (TPSA) is 26.3 Å². The molecule has 0 atom stereocenters. The van der Waals surface area contributed by atoms with Gasteiger partial charge in [-0.2, -0.15) is 13.2 Å². The van der Waals surface area contributed by atoms with Gasteiger partial charge in [-0.3, -0.25) is 0 Å². The number of halogens is 4. The summed E-state index contributed by atoms with van der Waals surface area (Å²) in [5, 5.41) is -0.0478. The summed E-state index contributed by atoms with van der Waals surface area (Å²) in [6.45, 7) is 1.83. The fourth-order valence-electron chi connectivity index (χ4n) is 1.23. The van der Waals surface area contributed by atoms with Crippen LogP contribution in [0.1, 0.15) is 18.1 Å². The van der Waals surface area contributed by atoms with Gasteiger partial charge in [-0.1, -0.05) is 11.6 Å². The average Bonchev–Trinajstić information content (AvgIpc) is 2.25. The third kappa shape index (κ3) is 4.41. The Morgan fingerprint density at radius 3 is 2.61 bits per heavy atom. The van der Waals surface area contributed by atoms with Crippen molar-refractivity contribution >= 4 is 23.6 Å². The number of benzene rings is 1. The Bertz CT molecular complexity index is 467. The van der Waals surface area contributed by atoms with Crippen molar-refractivity contribution in [3.05, 3.63) is 40.4 Å². The van der Waals surface area contributed by atoms with Crippen molar-refractivity contribution in [3.8, 4) is 0 Å².